The lowest BCUT2D eigenvalue weighted by Crippen LogP contribution is -2.39. The zero-order valence-electron chi connectivity index (χ0n) is 21.0. The Bertz CT molecular complexity index is 899. The van der Waals surface area contributed by atoms with Gasteiger partial charge in [-0.25, -0.2) is 0 Å². The van der Waals surface area contributed by atoms with Crippen molar-refractivity contribution in [3.05, 3.63) is 70.8 Å². The number of aryl methyl sites for hydroxylation is 2. The summed E-state index contributed by atoms with van der Waals surface area (Å²) in [6.45, 7) is 8.38. The minimum absolute atomic E-state index is 0.154. The Morgan fingerprint density at radius 1 is 1.15 bits per heavy atom. The number of carbonyl (C=O) groups is 1. The van der Waals surface area contributed by atoms with Gasteiger partial charge in [0.2, 0.25) is 0 Å². The molecule has 186 valence electrons. The summed E-state index contributed by atoms with van der Waals surface area (Å²) in [6.07, 6.45) is 4.74. The molecule has 3 rings (SSSR count). The van der Waals surface area contributed by atoms with Gasteiger partial charge in [0.1, 0.15) is 0 Å². The standard InChI is InChI=1S/C29H41NO4/c1-4-23-10-8-11-24(18-23)19-26-13-9-17-30(26)20-27(31)21-34-22(3)28-14-7-6-12-25(28)15-16-29(32)33-5-2/h6-8,10-12,14,18,22,26-27,31H,4-5,9,13,15-17,19-21H2,1-3H3/t22-,26+,27-/m1/s1. The van der Waals surface area contributed by atoms with Crippen molar-refractivity contribution >= 4 is 5.97 Å². The van der Waals surface area contributed by atoms with E-state index in [1.54, 1.807) is 0 Å². The minimum Gasteiger partial charge on any atom is -0.466 e. The van der Waals surface area contributed by atoms with E-state index in [0.717, 1.165) is 30.5 Å². The summed E-state index contributed by atoms with van der Waals surface area (Å²) >= 11 is 0. The van der Waals surface area contributed by atoms with Gasteiger partial charge in [-0.1, -0.05) is 55.5 Å². The van der Waals surface area contributed by atoms with Crippen LogP contribution in [0, 0.1) is 0 Å². The van der Waals surface area contributed by atoms with Crippen molar-refractivity contribution in [2.24, 2.45) is 0 Å². The number of hydrogen-bond donors (Lipinski definition) is 1. The highest BCUT2D eigenvalue weighted by atomic mass is 16.5. The molecule has 34 heavy (non-hydrogen) atoms. The van der Waals surface area contributed by atoms with Crippen molar-refractivity contribution in [3.8, 4) is 0 Å². The van der Waals surface area contributed by atoms with Gasteiger partial charge in [-0.2, -0.15) is 0 Å². The lowest BCUT2D eigenvalue weighted by Gasteiger charge is -2.28. The highest BCUT2D eigenvalue weighted by molar-refractivity contribution is 5.69. The largest absolute Gasteiger partial charge is 0.466 e. The van der Waals surface area contributed by atoms with Gasteiger partial charge in [0, 0.05) is 19.0 Å². The number of nitrogens with zero attached hydrogens (tertiary/aromatic N) is 1. The van der Waals surface area contributed by atoms with Gasteiger partial charge in [-0.3, -0.25) is 9.69 Å². The van der Waals surface area contributed by atoms with Crippen molar-refractivity contribution in [1.82, 2.24) is 4.90 Å². The molecule has 0 spiro atoms. The van der Waals surface area contributed by atoms with E-state index in [4.69, 9.17) is 9.47 Å². The third-order valence-electron chi connectivity index (χ3n) is 6.75. The number of rotatable bonds is 13. The van der Waals surface area contributed by atoms with Crippen molar-refractivity contribution in [3.63, 3.8) is 0 Å². The topological polar surface area (TPSA) is 59.0 Å². The Balaban J connectivity index is 1.49. The Kier molecular flexibility index (Phi) is 10.6. The number of benzene rings is 2. The number of likely N-dealkylation sites (tertiary alicyclic amines) is 1. The summed E-state index contributed by atoms with van der Waals surface area (Å²) in [5, 5.41) is 10.7. The van der Waals surface area contributed by atoms with Crippen LogP contribution < -0.4 is 0 Å². The first-order valence-corrected chi connectivity index (χ1v) is 12.8. The number of carbonyl (C=O) groups excluding carboxylic acids is 1. The van der Waals surface area contributed by atoms with Gasteiger partial charge in [-0.15, -0.1) is 0 Å². The van der Waals surface area contributed by atoms with E-state index in [0.29, 0.717) is 38.6 Å². The quantitative estimate of drug-likeness (QED) is 0.425. The van der Waals surface area contributed by atoms with Crippen LogP contribution in [0.2, 0.25) is 0 Å². The molecule has 0 radical (unpaired) electrons. The first-order valence-electron chi connectivity index (χ1n) is 12.8. The molecule has 3 atom stereocenters. The lowest BCUT2D eigenvalue weighted by molar-refractivity contribution is -0.143. The summed E-state index contributed by atoms with van der Waals surface area (Å²) in [7, 11) is 0. The fourth-order valence-corrected chi connectivity index (χ4v) is 4.91. The van der Waals surface area contributed by atoms with E-state index in [2.05, 4.69) is 36.1 Å². The molecular weight excluding hydrogens is 426 g/mol. The van der Waals surface area contributed by atoms with E-state index < -0.39 is 6.10 Å². The second kappa shape index (κ2) is 13.6. The number of aliphatic hydroxyl groups is 1. The molecule has 1 N–H and O–H groups in total. The molecule has 1 aliphatic rings. The molecule has 0 saturated carbocycles. The van der Waals surface area contributed by atoms with Gasteiger partial charge >= 0.3 is 5.97 Å². The Labute approximate surface area is 205 Å². The number of hydrogen-bond acceptors (Lipinski definition) is 5. The number of β-amino-alcohol motifs (C(OH)–C–C–N with tert-alkyl or cyclic N) is 1. The maximum Gasteiger partial charge on any atom is 0.306 e. The zero-order chi connectivity index (χ0) is 24.3. The van der Waals surface area contributed by atoms with Crippen molar-refractivity contribution in [2.45, 2.75) is 77.5 Å². The van der Waals surface area contributed by atoms with E-state index in [-0.39, 0.29) is 12.1 Å². The fraction of sp³-hybridized carbons (Fsp3) is 0.552. The maximum atomic E-state index is 11.8. The van der Waals surface area contributed by atoms with E-state index >= 15 is 0 Å². The molecule has 1 heterocycles. The molecule has 2 aromatic rings. The third-order valence-corrected chi connectivity index (χ3v) is 6.75. The van der Waals surface area contributed by atoms with Crippen LogP contribution in [-0.2, 0) is 33.5 Å². The fourth-order valence-electron chi connectivity index (χ4n) is 4.91. The van der Waals surface area contributed by atoms with Gasteiger partial charge in [0.05, 0.1) is 25.4 Å². The smallest absolute Gasteiger partial charge is 0.306 e. The molecule has 2 aromatic carbocycles. The van der Waals surface area contributed by atoms with Crippen molar-refractivity contribution in [1.29, 1.82) is 0 Å². The number of esters is 1. The summed E-state index contributed by atoms with van der Waals surface area (Å²) in [6, 6.07) is 17.4. The monoisotopic (exact) mass is 467 g/mol. The predicted octanol–water partition coefficient (Wildman–Crippen LogP) is 4.89. The van der Waals surface area contributed by atoms with Crippen LogP contribution in [0.5, 0.6) is 0 Å². The normalized spacial score (nSPS) is 18.1. The van der Waals surface area contributed by atoms with Gasteiger partial charge in [0.15, 0.2) is 0 Å². The molecule has 0 bridgehead atoms. The first-order chi connectivity index (χ1) is 16.5. The van der Waals surface area contributed by atoms with Crippen LogP contribution in [0.25, 0.3) is 0 Å². The van der Waals surface area contributed by atoms with Crippen LogP contribution in [0.4, 0.5) is 0 Å². The summed E-state index contributed by atoms with van der Waals surface area (Å²) in [5.74, 6) is -0.178. The maximum absolute atomic E-state index is 11.8. The predicted molar refractivity (Wildman–Crippen MR) is 136 cm³/mol. The average molecular weight is 468 g/mol. The lowest BCUT2D eigenvalue weighted by atomic mass is 9.99. The Hall–Kier alpha value is -2.21. The van der Waals surface area contributed by atoms with Crippen LogP contribution in [0.3, 0.4) is 0 Å². The van der Waals surface area contributed by atoms with E-state index in [1.807, 2.05) is 38.1 Å². The molecule has 5 heteroatoms. The van der Waals surface area contributed by atoms with Crippen molar-refractivity contribution in [2.75, 3.05) is 26.3 Å². The first kappa shape index (κ1) is 26.4. The van der Waals surface area contributed by atoms with Gasteiger partial charge in [-0.05, 0) is 74.8 Å². The number of ether oxygens (including phenoxy) is 2. The molecule has 0 amide bonds. The molecule has 1 aliphatic heterocycles. The highest BCUT2D eigenvalue weighted by Crippen LogP contribution is 2.24. The second-order valence-corrected chi connectivity index (χ2v) is 9.30. The summed E-state index contributed by atoms with van der Waals surface area (Å²) in [5.41, 5.74) is 4.92. The number of aliphatic hydroxyl groups excluding tert-OH is 1. The van der Waals surface area contributed by atoms with Crippen molar-refractivity contribution < 1.29 is 19.4 Å². The van der Waals surface area contributed by atoms with E-state index in [1.165, 1.54) is 24.0 Å². The zero-order valence-corrected chi connectivity index (χ0v) is 21.0. The van der Waals surface area contributed by atoms with E-state index in [9.17, 15) is 9.90 Å². The summed E-state index contributed by atoms with van der Waals surface area (Å²) < 4.78 is 11.1. The van der Waals surface area contributed by atoms with Crippen LogP contribution in [-0.4, -0.2) is 54.4 Å². The summed E-state index contributed by atoms with van der Waals surface area (Å²) in [4.78, 5) is 14.2. The van der Waals surface area contributed by atoms with Crippen LogP contribution in [0.15, 0.2) is 48.5 Å². The SMILES string of the molecule is CCOC(=O)CCc1ccccc1[C@@H](C)OC[C@H](O)CN1CCC[C@H]1Cc1cccc(CC)c1. The average Bonchev–Trinajstić information content (AvgIpc) is 3.27. The molecule has 0 unspecified atom stereocenters. The molecule has 1 saturated heterocycles. The molecular formula is C29H41NO4. The minimum atomic E-state index is -0.531. The molecule has 5 nitrogen and oxygen atoms in total. The van der Waals surface area contributed by atoms with Gasteiger partial charge < -0.3 is 14.6 Å². The molecule has 0 aromatic heterocycles. The third kappa shape index (κ3) is 7.93. The second-order valence-electron chi connectivity index (χ2n) is 9.30. The Morgan fingerprint density at radius 2 is 1.94 bits per heavy atom. The Morgan fingerprint density at radius 3 is 2.74 bits per heavy atom. The highest BCUT2D eigenvalue weighted by Gasteiger charge is 2.27. The molecule has 1 fully saturated rings. The molecule has 0 aliphatic carbocycles. The van der Waals surface area contributed by atoms with Crippen LogP contribution >= 0.6 is 0 Å². The van der Waals surface area contributed by atoms with Gasteiger partial charge in [0.25, 0.3) is 0 Å². The van der Waals surface area contributed by atoms with Crippen LogP contribution in [0.1, 0.15) is 68.4 Å².